The van der Waals surface area contributed by atoms with Crippen LogP contribution in [0.4, 0.5) is 0 Å². The number of unbranched alkanes of at least 4 members (excludes halogenated alkanes) is 3. The fraction of sp³-hybridized carbons (Fsp3) is 0.273. The summed E-state index contributed by atoms with van der Waals surface area (Å²) < 4.78 is 1.63. The van der Waals surface area contributed by atoms with Gasteiger partial charge in [-0.2, -0.15) is 0 Å². The second kappa shape index (κ2) is 10.5. The molecule has 0 fully saturated rings. The Bertz CT molecular complexity index is 987. The number of aliphatic carboxylic acids is 1. The maximum absolute atomic E-state index is 12.6. The van der Waals surface area contributed by atoms with Crippen LogP contribution in [0.15, 0.2) is 54.6 Å². The molecular formula is C22H23ClN4O3. The van der Waals surface area contributed by atoms with Gasteiger partial charge < -0.3 is 10.4 Å². The fourth-order valence-electron chi connectivity index (χ4n) is 2.98. The summed E-state index contributed by atoms with van der Waals surface area (Å²) in [5, 5.41) is 16.5. The third-order valence-corrected chi connectivity index (χ3v) is 4.77. The lowest BCUT2D eigenvalue weighted by molar-refractivity contribution is -0.137. The Hall–Kier alpha value is -3.19. The van der Waals surface area contributed by atoms with E-state index in [1.807, 2.05) is 42.5 Å². The Morgan fingerprint density at radius 2 is 1.67 bits per heavy atom. The molecule has 0 saturated heterocycles. The molecule has 0 aliphatic carbocycles. The molecule has 0 bridgehead atoms. The summed E-state index contributed by atoms with van der Waals surface area (Å²) in [6.45, 7) is 0.488. The van der Waals surface area contributed by atoms with E-state index < -0.39 is 5.97 Å². The van der Waals surface area contributed by atoms with Crippen molar-refractivity contribution < 1.29 is 14.7 Å². The van der Waals surface area contributed by atoms with Crippen molar-refractivity contribution in [2.24, 2.45) is 0 Å². The lowest BCUT2D eigenvalue weighted by atomic mass is 10.1. The highest BCUT2D eigenvalue weighted by molar-refractivity contribution is 6.30. The summed E-state index contributed by atoms with van der Waals surface area (Å²) in [5.74, 6) is -0.461. The predicted octanol–water partition coefficient (Wildman–Crippen LogP) is 4.35. The van der Waals surface area contributed by atoms with Gasteiger partial charge in [-0.3, -0.25) is 9.59 Å². The van der Waals surface area contributed by atoms with Crippen LogP contribution in [0.1, 0.15) is 42.7 Å². The quantitative estimate of drug-likeness (QED) is 0.469. The Kier molecular flexibility index (Phi) is 7.57. The first kappa shape index (κ1) is 21.5. The number of carbonyl (C=O) groups excluding carboxylic acids is 1. The van der Waals surface area contributed by atoms with Gasteiger partial charge in [0, 0.05) is 23.6 Å². The monoisotopic (exact) mass is 426 g/mol. The van der Waals surface area contributed by atoms with E-state index in [2.05, 4.69) is 15.4 Å². The summed E-state index contributed by atoms with van der Waals surface area (Å²) in [7, 11) is 0. The number of carbonyl (C=O) groups is 2. The van der Waals surface area contributed by atoms with Crippen LogP contribution in [-0.4, -0.2) is 38.3 Å². The molecule has 0 unspecified atom stereocenters. The molecule has 2 N–H and O–H groups in total. The second-order valence-electron chi connectivity index (χ2n) is 6.83. The van der Waals surface area contributed by atoms with E-state index >= 15 is 0 Å². The zero-order chi connectivity index (χ0) is 21.3. The second-order valence-corrected chi connectivity index (χ2v) is 7.26. The van der Waals surface area contributed by atoms with Gasteiger partial charge in [-0.25, -0.2) is 9.67 Å². The number of nitrogens with zero attached hydrogens (tertiary/aromatic N) is 3. The molecule has 0 radical (unpaired) electrons. The highest BCUT2D eigenvalue weighted by atomic mass is 35.5. The number of hydrogen-bond acceptors (Lipinski definition) is 4. The van der Waals surface area contributed by atoms with Crippen molar-refractivity contribution in [2.75, 3.05) is 6.54 Å². The van der Waals surface area contributed by atoms with Crippen LogP contribution in [0.5, 0.6) is 0 Å². The smallest absolute Gasteiger partial charge is 0.303 e. The van der Waals surface area contributed by atoms with Gasteiger partial charge in [-0.1, -0.05) is 54.8 Å². The third-order valence-electron chi connectivity index (χ3n) is 4.52. The molecule has 3 rings (SSSR count). The Morgan fingerprint density at radius 1 is 0.967 bits per heavy atom. The summed E-state index contributed by atoms with van der Waals surface area (Å²) in [6, 6.07) is 16.7. The van der Waals surface area contributed by atoms with Crippen molar-refractivity contribution in [3.63, 3.8) is 0 Å². The van der Waals surface area contributed by atoms with E-state index in [0.29, 0.717) is 23.8 Å². The Morgan fingerprint density at radius 3 is 2.37 bits per heavy atom. The van der Waals surface area contributed by atoms with Crippen LogP contribution < -0.4 is 5.32 Å². The number of benzene rings is 2. The SMILES string of the molecule is O=C(O)CCCCCCNC(=O)c1nc(-c2ccccc2)n(-c2ccc(Cl)cc2)n1. The van der Waals surface area contributed by atoms with Gasteiger partial charge in [0.2, 0.25) is 5.82 Å². The van der Waals surface area contributed by atoms with E-state index in [4.69, 9.17) is 16.7 Å². The zero-order valence-electron chi connectivity index (χ0n) is 16.4. The van der Waals surface area contributed by atoms with Gasteiger partial charge in [-0.05, 0) is 37.1 Å². The number of amides is 1. The van der Waals surface area contributed by atoms with E-state index in [-0.39, 0.29) is 18.2 Å². The van der Waals surface area contributed by atoms with Crippen LogP contribution >= 0.6 is 11.6 Å². The predicted molar refractivity (Wildman–Crippen MR) is 115 cm³/mol. The lowest BCUT2D eigenvalue weighted by Crippen LogP contribution is -2.25. The third kappa shape index (κ3) is 5.90. The largest absolute Gasteiger partial charge is 0.481 e. The van der Waals surface area contributed by atoms with Crippen LogP contribution in [-0.2, 0) is 4.79 Å². The van der Waals surface area contributed by atoms with Crippen molar-refractivity contribution in [1.82, 2.24) is 20.1 Å². The first-order chi connectivity index (χ1) is 14.5. The van der Waals surface area contributed by atoms with Crippen LogP contribution in [0.2, 0.25) is 5.02 Å². The summed E-state index contributed by atoms with van der Waals surface area (Å²) >= 11 is 5.99. The molecule has 1 aromatic heterocycles. The van der Waals surface area contributed by atoms with Crippen LogP contribution in [0.25, 0.3) is 17.1 Å². The maximum Gasteiger partial charge on any atom is 0.303 e. The molecule has 1 amide bonds. The summed E-state index contributed by atoms with van der Waals surface area (Å²) in [4.78, 5) is 27.5. The molecule has 2 aromatic carbocycles. The highest BCUT2D eigenvalue weighted by Crippen LogP contribution is 2.22. The normalized spacial score (nSPS) is 10.7. The number of rotatable bonds is 10. The standard InChI is InChI=1S/C22H23ClN4O3/c23-17-11-13-18(14-12-17)27-21(16-8-4-3-5-9-16)25-20(26-27)22(30)24-15-7-2-1-6-10-19(28)29/h3-5,8-9,11-14H,1-2,6-7,10,15H2,(H,24,30)(H,28,29). The number of carboxylic acids is 1. The molecule has 0 atom stereocenters. The van der Waals surface area contributed by atoms with Crippen molar-refractivity contribution in [3.05, 3.63) is 65.4 Å². The number of carboxylic acid groups (broad SMARTS) is 1. The van der Waals surface area contributed by atoms with E-state index in [0.717, 1.165) is 30.5 Å². The summed E-state index contributed by atoms with van der Waals surface area (Å²) in [5.41, 5.74) is 1.60. The average Bonchev–Trinajstić information content (AvgIpc) is 3.19. The molecule has 7 nitrogen and oxygen atoms in total. The van der Waals surface area contributed by atoms with Gasteiger partial charge in [0.15, 0.2) is 5.82 Å². The van der Waals surface area contributed by atoms with Gasteiger partial charge in [0.1, 0.15) is 0 Å². The number of aromatic nitrogens is 3. The molecule has 0 saturated carbocycles. The van der Waals surface area contributed by atoms with Gasteiger partial charge >= 0.3 is 5.97 Å². The van der Waals surface area contributed by atoms with Gasteiger partial charge in [-0.15, -0.1) is 5.10 Å². The van der Waals surface area contributed by atoms with E-state index in [1.165, 1.54) is 0 Å². The molecule has 0 spiro atoms. The lowest BCUT2D eigenvalue weighted by Gasteiger charge is -2.05. The molecular weight excluding hydrogens is 404 g/mol. The minimum absolute atomic E-state index is 0.0923. The number of hydrogen-bond donors (Lipinski definition) is 2. The fourth-order valence-corrected chi connectivity index (χ4v) is 3.11. The van der Waals surface area contributed by atoms with Crippen molar-refractivity contribution in [1.29, 1.82) is 0 Å². The Balaban J connectivity index is 1.68. The maximum atomic E-state index is 12.6. The molecule has 0 aliphatic rings. The zero-order valence-corrected chi connectivity index (χ0v) is 17.2. The van der Waals surface area contributed by atoms with Gasteiger partial charge in [0.05, 0.1) is 5.69 Å². The van der Waals surface area contributed by atoms with Crippen molar-refractivity contribution in [3.8, 4) is 17.1 Å². The highest BCUT2D eigenvalue weighted by Gasteiger charge is 2.18. The van der Waals surface area contributed by atoms with Crippen LogP contribution in [0.3, 0.4) is 0 Å². The minimum Gasteiger partial charge on any atom is -0.481 e. The molecule has 8 heteroatoms. The number of nitrogens with one attached hydrogen (secondary N) is 1. The molecule has 3 aromatic rings. The van der Waals surface area contributed by atoms with E-state index in [9.17, 15) is 9.59 Å². The van der Waals surface area contributed by atoms with Gasteiger partial charge in [0.25, 0.3) is 5.91 Å². The molecule has 30 heavy (non-hydrogen) atoms. The molecule has 156 valence electrons. The molecule has 1 heterocycles. The molecule has 0 aliphatic heterocycles. The van der Waals surface area contributed by atoms with Crippen molar-refractivity contribution >= 4 is 23.5 Å². The average molecular weight is 427 g/mol. The van der Waals surface area contributed by atoms with Crippen molar-refractivity contribution in [2.45, 2.75) is 32.1 Å². The number of halogens is 1. The topological polar surface area (TPSA) is 97.1 Å². The van der Waals surface area contributed by atoms with E-state index in [1.54, 1.807) is 16.8 Å². The first-order valence-corrected chi connectivity index (χ1v) is 10.2. The van der Waals surface area contributed by atoms with Crippen LogP contribution in [0, 0.1) is 0 Å². The minimum atomic E-state index is -0.778. The first-order valence-electron chi connectivity index (χ1n) is 9.83. The Labute approximate surface area is 179 Å². The summed E-state index contributed by atoms with van der Waals surface area (Å²) in [6.07, 6.45) is 3.28.